The van der Waals surface area contributed by atoms with Gasteiger partial charge in [-0.3, -0.25) is 0 Å². The Balaban J connectivity index is 1.94. The Hall–Kier alpha value is -1.75. The Morgan fingerprint density at radius 1 is 1.38 bits per heavy atom. The van der Waals surface area contributed by atoms with Gasteiger partial charge in [-0.2, -0.15) is 0 Å². The number of β-amino-alcohol motifs (C(OH)–C–C–N with tert-alkyl or cyclic N) is 1. The standard InChI is InChI=1S/C11H14N2O3/c14-9-3-1-8(2-4-9)12-11(16)13-6-5-10(15)7-13/h1-4,10,14-15H,5-7H2,(H,12,16)/t10-/m0/s1. The number of anilines is 1. The Bertz CT molecular complexity index is 377. The van der Waals surface area contributed by atoms with Gasteiger partial charge in [0.05, 0.1) is 6.10 Å². The van der Waals surface area contributed by atoms with Crippen molar-refractivity contribution in [1.29, 1.82) is 0 Å². The van der Waals surface area contributed by atoms with Crippen molar-refractivity contribution in [2.24, 2.45) is 0 Å². The molecule has 1 aliphatic heterocycles. The number of aliphatic hydroxyl groups excluding tert-OH is 1. The third-order valence-corrected chi connectivity index (χ3v) is 2.57. The van der Waals surface area contributed by atoms with Crippen LogP contribution in [0, 0.1) is 0 Å². The number of amides is 2. The molecule has 1 heterocycles. The monoisotopic (exact) mass is 222 g/mol. The van der Waals surface area contributed by atoms with E-state index in [9.17, 15) is 9.90 Å². The van der Waals surface area contributed by atoms with Gasteiger partial charge < -0.3 is 20.4 Å². The van der Waals surface area contributed by atoms with E-state index < -0.39 is 6.10 Å². The number of hydrogen-bond acceptors (Lipinski definition) is 3. The number of hydrogen-bond donors (Lipinski definition) is 3. The van der Waals surface area contributed by atoms with E-state index in [0.29, 0.717) is 25.2 Å². The molecule has 0 aliphatic carbocycles. The molecule has 0 bridgehead atoms. The van der Waals surface area contributed by atoms with Crippen molar-refractivity contribution in [2.75, 3.05) is 18.4 Å². The predicted octanol–water partition coefficient (Wildman–Crippen LogP) is 0.991. The fourth-order valence-electron chi connectivity index (χ4n) is 1.67. The minimum Gasteiger partial charge on any atom is -0.508 e. The van der Waals surface area contributed by atoms with E-state index in [2.05, 4.69) is 5.32 Å². The number of aliphatic hydroxyl groups is 1. The second-order valence-electron chi connectivity index (χ2n) is 3.87. The molecule has 3 N–H and O–H groups in total. The molecule has 2 amide bonds. The van der Waals surface area contributed by atoms with E-state index in [1.807, 2.05) is 0 Å². The van der Waals surface area contributed by atoms with Gasteiger partial charge in [-0.25, -0.2) is 4.79 Å². The number of rotatable bonds is 1. The molecule has 1 aliphatic rings. The van der Waals surface area contributed by atoms with Crippen LogP contribution in [0.2, 0.25) is 0 Å². The van der Waals surface area contributed by atoms with Crippen LogP contribution in [-0.2, 0) is 0 Å². The zero-order chi connectivity index (χ0) is 11.5. The fourth-order valence-corrected chi connectivity index (χ4v) is 1.67. The number of nitrogens with zero attached hydrogens (tertiary/aromatic N) is 1. The molecular formula is C11H14N2O3. The lowest BCUT2D eigenvalue weighted by molar-refractivity contribution is 0.176. The summed E-state index contributed by atoms with van der Waals surface area (Å²) in [6.07, 6.45) is 0.216. The van der Waals surface area contributed by atoms with Gasteiger partial charge in [0, 0.05) is 18.8 Å². The highest BCUT2D eigenvalue weighted by molar-refractivity contribution is 5.89. The Morgan fingerprint density at radius 3 is 2.62 bits per heavy atom. The molecule has 1 fully saturated rings. The summed E-state index contributed by atoms with van der Waals surface area (Å²) in [5.41, 5.74) is 0.629. The van der Waals surface area contributed by atoms with Crippen LogP contribution < -0.4 is 5.32 Å². The molecule has 0 unspecified atom stereocenters. The van der Waals surface area contributed by atoms with Gasteiger partial charge in [-0.05, 0) is 30.7 Å². The number of likely N-dealkylation sites (tertiary alicyclic amines) is 1. The summed E-state index contributed by atoms with van der Waals surface area (Å²) in [6, 6.07) is 6.05. The molecule has 1 atom stereocenters. The van der Waals surface area contributed by atoms with Crippen LogP contribution in [0.4, 0.5) is 10.5 Å². The first-order chi connectivity index (χ1) is 7.65. The minimum absolute atomic E-state index is 0.162. The van der Waals surface area contributed by atoms with Crippen LogP contribution in [0.3, 0.4) is 0 Å². The van der Waals surface area contributed by atoms with Gasteiger partial charge in [0.15, 0.2) is 0 Å². The second-order valence-corrected chi connectivity index (χ2v) is 3.87. The normalized spacial score (nSPS) is 19.8. The van der Waals surface area contributed by atoms with Crippen LogP contribution in [0.15, 0.2) is 24.3 Å². The zero-order valence-electron chi connectivity index (χ0n) is 8.76. The lowest BCUT2D eigenvalue weighted by Crippen LogP contribution is -2.33. The minimum atomic E-state index is -0.412. The molecule has 0 spiro atoms. The van der Waals surface area contributed by atoms with Gasteiger partial charge >= 0.3 is 6.03 Å². The van der Waals surface area contributed by atoms with Gasteiger partial charge in [0.2, 0.25) is 0 Å². The highest BCUT2D eigenvalue weighted by atomic mass is 16.3. The Morgan fingerprint density at radius 2 is 2.06 bits per heavy atom. The molecule has 1 aromatic rings. The predicted molar refractivity (Wildman–Crippen MR) is 59.3 cm³/mol. The smallest absolute Gasteiger partial charge is 0.321 e. The van der Waals surface area contributed by atoms with Crippen LogP contribution >= 0.6 is 0 Å². The SMILES string of the molecule is O=C(Nc1ccc(O)cc1)N1CC[C@H](O)C1. The molecule has 5 heteroatoms. The number of carbonyl (C=O) groups is 1. The Kier molecular flexibility index (Phi) is 2.96. The molecule has 0 radical (unpaired) electrons. The molecular weight excluding hydrogens is 208 g/mol. The molecule has 16 heavy (non-hydrogen) atoms. The van der Waals surface area contributed by atoms with Crippen molar-refractivity contribution >= 4 is 11.7 Å². The summed E-state index contributed by atoms with van der Waals surface area (Å²) in [5, 5.41) is 21.1. The first-order valence-corrected chi connectivity index (χ1v) is 5.18. The van der Waals surface area contributed by atoms with Gasteiger partial charge in [-0.15, -0.1) is 0 Å². The van der Waals surface area contributed by atoms with E-state index in [1.54, 1.807) is 17.0 Å². The number of carbonyl (C=O) groups excluding carboxylic acids is 1. The average molecular weight is 222 g/mol. The van der Waals surface area contributed by atoms with Crippen molar-refractivity contribution in [2.45, 2.75) is 12.5 Å². The molecule has 86 valence electrons. The van der Waals surface area contributed by atoms with E-state index in [-0.39, 0.29) is 11.8 Å². The number of phenols is 1. The van der Waals surface area contributed by atoms with E-state index in [1.165, 1.54) is 12.1 Å². The van der Waals surface area contributed by atoms with Crippen LogP contribution in [0.5, 0.6) is 5.75 Å². The molecule has 0 aromatic heterocycles. The topological polar surface area (TPSA) is 72.8 Å². The Labute approximate surface area is 93.3 Å². The van der Waals surface area contributed by atoms with E-state index in [4.69, 9.17) is 5.11 Å². The van der Waals surface area contributed by atoms with E-state index >= 15 is 0 Å². The highest BCUT2D eigenvalue weighted by Crippen LogP contribution is 2.15. The average Bonchev–Trinajstić information content (AvgIpc) is 2.68. The van der Waals surface area contributed by atoms with E-state index in [0.717, 1.165) is 0 Å². The summed E-state index contributed by atoms with van der Waals surface area (Å²) >= 11 is 0. The third-order valence-electron chi connectivity index (χ3n) is 2.57. The maximum atomic E-state index is 11.7. The van der Waals surface area contributed by atoms with Crippen molar-refractivity contribution in [3.05, 3.63) is 24.3 Å². The molecule has 0 saturated carbocycles. The molecule has 2 rings (SSSR count). The largest absolute Gasteiger partial charge is 0.508 e. The lowest BCUT2D eigenvalue weighted by Gasteiger charge is -2.16. The number of aromatic hydroxyl groups is 1. The number of nitrogens with one attached hydrogen (secondary N) is 1. The number of benzene rings is 1. The number of urea groups is 1. The highest BCUT2D eigenvalue weighted by Gasteiger charge is 2.24. The molecule has 1 aromatic carbocycles. The summed E-state index contributed by atoms with van der Waals surface area (Å²) in [5.74, 6) is 0.162. The van der Waals surface area contributed by atoms with Gasteiger partial charge in [0.25, 0.3) is 0 Å². The number of phenolic OH excluding ortho intramolecular Hbond substituents is 1. The summed E-state index contributed by atoms with van der Waals surface area (Å²) < 4.78 is 0. The second kappa shape index (κ2) is 4.40. The third kappa shape index (κ3) is 2.43. The van der Waals surface area contributed by atoms with Crippen LogP contribution in [0.25, 0.3) is 0 Å². The maximum Gasteiger partial charge on any atom is 0.321 e. The van der Waals surface area contributed by atoms with Gasteiger partial charge in [-0.1, -0.05) is 0 Å². The fraction of sp³-hybridized carbons (Fsp3) is 0.364. The van der Waals surface area contributed by atoms with Crippen molar-refractivity contribution < 1.29 is 15.0 Å². The van der Waals surface area contributed by atoms with Crippen LogP contribution in [0.1, 0.15) is 6.42 Å². The summed E-state index contributed by atoms with van der Waals surface area (Å²) in [7, 11) is 0. The van der Waals surface area contributed by atoms with Crippen molar-refractivity contribution in [3.63, 3.8) is 0 Å². The first-order valence-electron chi connectivity index (χ1n) is 5.18. The lowest BCUT2D eigenvalue weighted by atomic mass is 10.3. The zero-order valence-corrected chi connectivity index (χ0v) is 8.76. The van der Waals surface area contributed by atoms with Crippen LogP contribution in [-0.4, -0.2) is 40.3 Å². The summed E-state index contributed by atoms with van der Waals surface area (Å²) in [4.78, 5) is 13.3. The quantitative estimate of drug-likeness (QED) is 0.620. The first kappa shape index (κ1) is 10.8. The van der Waals surface area contributed by atoms with Crippen molar-refractivity contribution in [1.82, 2.24) is 4.90 Å². The molecule has 1 saturated heterocycles. The van der Waals surface area contributed by atoms with Crippen molar-refractivity contribution in [3.8, 4) is 5.75 Å². The summed E-state index contributed by atoms with van der Waals surface area (Å²) in [6.45, 7) is 0.953. The van der Waals surface area contributed by atoms with Gasteiger partial charge in [0.1, 0.15) is 5.75 Å². The molecule has 5 nitrogen and oxygen atoms in total. The maximum absolute atomic E-state index is 11.7.